The Balaban J connectivity index is 1.45. The van der Waals surface area contributed by atoms with Crippen molar-refractivity contribution in [1.29, 1.82) is 0 Å². The molecule has 0 atom stereocenters. The molecular weight excluding hydrogens is 370 g/mol. The van der Waals surface area contributed by atoms with Crippen molar-refractivity contribution in [2.24, 2.45) is 0 Å². The summed E-state index contributed by atoms with van der Waals surface area (Å²) >= 11 is 1.72. The van der Waals surface area contributed by atoms with E-state index in [0.29, 0.717) is 0 Å². The van der Waals surface area contributed by atoms with Crippen LogP contribution in [0.2, 0.25) is 0 Å². The second kappa shape index (κ2) is 9.25. The van der Waals surface area contributed by atoms with Crippen molar-refractivity contribution in [3.05, 3.63) is 57.1 Å². The van der Waals surface area contributed by atoms with Crippen molar-refractivity contribution in [3.63, 3.8) is 0 Å². The number of thioether (sulfide) groups is 1. The first-order valence-corrected chi connectivity index (χ1v) is 11.3. The average Bonchev–Trinajstić information content (AvgIpc) is 3.20. The lowest BCUT2D eigenvalue weighted by Gasteiger charge is -2.26. The van der Waals surface area contributed by atoms with Crippen LogP contribution in [0.5, 0.6) is 0 Å². The average molecular weight is 400 g/mol. The van der Waals surface area contributed by atoms with Gasteiger partial charge in [0, 0.05) is 43.2 Å². The van der Waals surface area contributed by atoms with E-state index >= 15 is 0 Å². The van der Waals surface area contributed by atoms with Crippen LogP contribution in [0.15, 0.2) is 34.1 Å². The van der Waals surface area contributed by atoms with E-state index in [1.54, 1.807) is 11.8 Å². The predicted octanol–water partition coefficient (Wildman–Crippen LogP) is 3.06. The lowest BCUT2D eigenvalue weighted by molar-refractivity contribution is 0.0368. The van der Waals surface area contributed by atoms with Gasteiger partial charge in [0.25, 0.3) is 0 Å². The van der Waals surface area contributed by atoms with Crippen LogP contribution in [-0.4, -0.2) is 47.3 Å². The second-order valence-electron chi connectivity index (χ2n) is 7.65. The Morgan fingerprint density at radius 2 is 1.96 bits per heavy atom. The Hall–Kier alpha value is -1.63. The zero-order valence-corrected chi connectivity index (χ0v) is 17.5. The van der Waals surface area contributed by atoms with Gasteiger partial charge in [0.15, 0.2) is 0 Å². The van der Waals surface area contributed by atoms with Crippen molar-refractivity contribution in [2.75, 3.05) is 32.8 Å². The third kappa shape index (κ3) is 4.50. The molecule has 1 fully saturated rings. The molecule has 0 spiro atoms. The first-order chi connectivity index (χ1) is 13.7. The zero-order chi connectivity index (χ0) is 19.3. The second-order valence-corrected chi connectivity index (χ2v) is 8.62. The summed E-state index contributed by atoms with van der Waals surface area (Å²) in [5, 5.41) is 0.949. The molecule has 1 saturated heterocycles. The molecule has 1 aromatic heterocycles. The maximum Gasteiger partial charge on any atom is 0.348 e. The minimum atomic E-state index is -0.0742. The number of hydrogen-bond acceptors (Lipinski definition) is 5. The summed E-state index contributed by atoms with van der Waals surface area (Å²) in [7, 11) is 0. The van der Waals surface area contributed by atoms with Crippen LogP contribution < -0.4 is 5.69 Å². The fraction of sp³-hybridized carbons (Fsp3) is 0.545. The molecule has 2 aromatic rings. The fourth-order valence-electron chi connectivity index (χ4n) is 4.13. The summed E-state index contributed by atoms with van der Waals surface area (Å²) in [6, 6.07) is 8.44. The van der Waals surface area contributed by atoms with E-state index in [1.165, 1.54) is 22.4 Å². The molecule has 2 aliphatic rings. The number of benzene rings is 1. The van der Waals surface area contributed by atoms with E-state index in [-0.39, 0.29) is 5.69 Å². The molecule has 4 rings (SSSR count). The molecule has 0 saturated carbocycles. The van der Waals surface area contributed by atoms with Crippen molar-refractivity contribution >= 4 is 11.8 Å². The normalized spacial score (nSPS) is 17.0. The number of fused-ring (bicyclic) bond motifs is 1. The number of aryl methyl sites for hydroxylation is 1. The maximum absolute atomic E-state index is 12.8. The van der Waals surface area contributed by atoms with E-state index < -0.39 is 0 Å². The quantitative estimate of drug-likeness (QED) is 0.529. The molecular formula is C22H29N3O2S. The van der Waals surface area contributed by atoms with Gasteiger partial charge in [-0.25, -0.2) is 4.79 Å². The lowest BCUT2D eigenvalue weighted by atomic mass is 10.1. The van der Waals surface area contributed by atoms with Gasteiger partial charge in [-0.1, -0.05) is 24.3 Å². The highest BCUT2D eigenvalue weighted by Gasteiger charge is 2.22. The third-order valence-electron chi connectivity index (χ3n) is 5.79. The number of rotatable bonds is 7. The van der Waals surface area contributed by atoms with Crippen LogP contribution in [-0.2, 0) is 29.9 Å². The van der Waals surface area contributed by atoms with Crippen LogP contribution in [0, 0.1) is 6.92 Å². The molecule has 6 heteroatoms. The molecule has 0 bridgehead atoms. The van der Waals surface area contributed by atoms with Gasteiger partial charge in [-0.3, -0.25) is 9.47 Å². The van der Waals surface area contributed by atoms with Crippen molar-refractivity contribution in [1.82, 2.24) is 14.5 Å². The summed E-state index contributed by atoms with van der Waals surface area (Å²) in [6.07, 6.45) is 4.16. The Bertz CT molecular complexity index is 875. The third-order valence-corrected chi connectivity index (χ3v) is 6.85. The first kappa shape index (κ1) is 19.7. The maximum atomic E-state index is 12.8. The van der Waals surface area contributed by atoms with Crippen molar-refractivity contribution in [2.45, 2.75) is 49.9 Å². The number of morpholine rings is 1. The largest absolute Gasteiger partial charge is 0.379 e. The monoisotopic (exact) mass is 399 g/mol. The van der Waals surface area contributed by atoms with E-state index in [4.69, 9.17) is 4.74 Å². The standard InChI is InChI=1S/C22H29N3O2S/c1-17-6-2-3-7-18(17)16-28-21-19-8-4-9-20(19)25(22(26)23-21)11-5-10-24-12-14-27-15-13-24/h2-3,6-7H,4-5,8-16H2,1H3. The Kier molecular flexibility index (Phi) is 6.50. The molecule has 2 heterocycles. The summed E-state index contributed by atoms with van der Waals surface area (Å²) < 4.78 is 7.36. The summed E-state index contributed by atoms with van der Waals surface area (Å²) in [5.74, 6) is 0.868. The van der Waals surface area contributed by atoms with Gasteiger partial charge in [-0.05, 0) is 43.7 Å². The van der Waals surface area contributed by atoms with Gasteiger partial charge in [0.05, 0.1) is 13.2 Å². The molecule has 1 aliphatic heterocycles. The molecule has 150 valence electrons. The van der Waals surface area contributed by atoms with Crippen LogP contribution in [0.1, 0.15) is 35.2 Å². The molecule has 1 aliphatic carbocycles. The minimum absolute atomic E-state index is 0.0742. The van der Waals surface area contributed by atoms with Gasteiger partial charge in [0.1, 0.15) is 5.03 Å². The smallest absolute Gasteiger partial charge is 0.348 e. The van der Waals surface area contributed by atoms with Crippen LogP contribution >= 0.6 is 11.8 Å². The summed E-state index contributed by atoms with van der Waals surface area (Å²) in [4.78, 5) is 19.7. The van der Waals surface area contributed by atoms with E-state index in [1.807, 2.05) is 4.57 Å². The number of hydrogen-bond donors (Lipinski definition) is 0. The number of aromatic nitrogens is 2. The highest BCUT2D eigenvalue weighted by molar-refractivity contribution is 7.98. The Morgan fingerprint density at radius 3 is 2.79 bits per heavy atom. The highest BCUT2D eigenvalue weighted by Crippen LogP contribution is 2.31. The zero-order valence-electron chi connectivity index (χ0n) is 16.7. The minimum Gasteiger partial charge on any atom is -0.379 e. The van der Waals surface area contributed by atoms with E-state index in [2.05, 4.69) is 41.1 Å². The van der Waals surface area contributed by atoms with Gasteiger partial charge < -0.3 is 4.74 Å². The molecule has 0 N–H and O–H groups in total. The van der Waals surface area contributed by atoms with E-state index in [9.17, 15) is 4.79 Å². The first-order valence-electron chi connectivity index (χ1n) is 10.3. The van der Waals surface area contributed by atoms with Crippen LogP contribution in [0.4, 0.5) is 0 Å². The summed E-state index contributed by atoms with van der Waals surface area (Å²) in [5.41, 5.74) is 5.08. The van der Waals surface area contributed by atoms with Crippen LogP contribution in [0.25, 0.3) is 0 Å². The molecule has 0 radical (unpaired) electrons. The number of ether oxygens (including phenoxy) is 1. The molecule has 1 aromatic carbocycles. The molecule has 28 heavy (non-hydrogen) atoms. The number of nitrogens with zero attached hydrogens (tertiary/aromatic N) is 3. The SMILES string of the molecule is Cc1ccccc1CSc1nc(=O)n(CCCN2CCOCC2)c2c1CCC2. The molecule has 0 unspecified atom stereocenters. The van der Waals surface area contributed by atoms with Crippen molar-refractivity contribution in [3.8, 4) is 0 Å². The van der Waals surface area contributed by atoms with Crippen LogP contribution in [0.3, 0.4) is 0 Å². The molecule has 5 nitrogen and oxygen atoms in total. The van der Waals surface area contributed by atoms with Gasteiger partial charge in [-0.2, -0.15) is 4.98 Å². The Morgan fingerprint density at radius 1 is 1.14 bits per heavy atom. The van der Waals surface area contributed by atoms with Crippen molar-refractivity contribution < 1.29 is 4.74 Å². The van der Waals surface area contributed by atoms with Gasteiger partial charge in [-0.15, -0.1) is 11.8 Å². The molecule has 0 amide bonds. The highest BCUT2D eigenvalue weighted by atomic mass is 32.2. The lowest BCUT2D eigenvalue weighted by Crippen LogP contribution is -2.37. The Labute approximate surface area is 171 Å². The fourth-order valence-corrected chi connectivity index (χ4v) is 5.28. The topological polar surface area (TPSA) is 47.4 Å². The van der Waals surface area contributed by atoms with E-state index in [0.717, 1.165) is 75.9 Å². The van der Waals surface area contributed by atoms with Gasteiger partial charge >= 0.3 is 5.69 Å². The summed E-state index contributed by atoms with van der Waals surface area (Å²) in [6.45, 7) is 7.58. The predicted molar refractivity (Wildman–Crippen MR) is 113 cm³/mol. The van der Waals surface area contributed by atoms with Gasteiger partial charge in [0.2, 0.25) is 0 Å².